The van der Waals surface area contributed by atoms with Crippen molar-refractivity contribution in [2.24, 2.45) is 0 Å². The molecule has 6 heteroatoms. The second kappa shape index (κ2) is 60.6. The van der Waals surface area contributed by atoms with Gasteiger partial charge in [0, 0.05) is 12.8 Å². The standard InChI is InChI=1S/C67H112O6/c1-4-7-10-13-16-19-22-25-28-30-31-32-33-34-35-37-39-42-45-48-51-54-57-60-66(69)72-63-64(62-71-65(68)59-56-53-50-47-44-41-38-27-24-21-18-15-12-9-6-3)73-67(70)61-58-55-52-49-46-43-40-36-29-26-23-20-17-14-11-8-5-2/h7,9-10,12,16,18-19,21,25,27-28,31-32,38,44,47,53,56,64H,4-6,8,11,13-15,17,20,22-24,26,29-30,33-37,39-43,45-46,48-52,54-55,57-63H2,1-3H3/b10-7-,12-9-,19-16-,21-18-,28-25-,32-31-,38-27-,47-44-,56-53-. The molecule has 6 nitrogen and oxygen atoms in total. The third kappa shape index (κ3) is 58.8. The molecule has 0 aliphatic carbocycles. The minimum absolute atomic E-state index is 0.109. The van der Waals surface area contributed by atoms with Crippen LogP contribution in [0.1, 0.15) is 278 Å². The first-order valence-corrected chi connectivity index (χ1v) is 30.4. The van der Waals surface area contributed by atoms with E-state index in [9.17, 15) is 14.4 Å². The van der Waals surface area contributed by atoms with Gasteiger partial charge in [-0.1, -0.05) is 284 Å². The lowest BCUT2D eigenvalue weighted by atomic mass is 10.0. The Morgan fingerprint density at radius 1 is 0.301 bits per heavy atom. The minimum atomic E-state index is -0.820. The van der Waals surface area contributed by atoms with E-state index in [-0.39, 0.29) is 31.6 Å². The van der Waals surface area contributed by atoms with Crippen molar-refractivity contribution in [3.8, 4) is 0 Å². The summed E-state index contributed by atoms with van der Waals surface area (Å²) in [6, 6.07) is 0. The van der Waals surface area contributed by atoms with Gasteiger partial charge in [-0.25, -0.2) is 0 Å². The summed E-state index contributed by atoms with van der Waals surface area (Å²) < 4.78 is 16.8. The first kappa shape index (κ1) is 69.1. The first-order chi connectivity index (χ1) is 36.0. The zero-order chi connectivity index (χ0) is 52.9. The van der Waals surface area contributed by atoms with Crippen LogP contribution in [-0.2, 0) is 28.6 Å². The maximum Gasteiger partial charge on any atom is 0.309 e. The summed E-state index contributed by atoms with van der Waals surface area (Å²) in [7, 11) is 0. The third-order valence-electron chi connectivity index (χ3n) is 12.8. The fourth-order valence-corrected chi connectivity index (χ4v) is 8.33. The molecule has 73 heavy (non-hydrogen) atoms. The predicted octanol–water partition coefficient (Wildman–Crippen LogP) is 20.7. The van der Waals surface area contributed by atoms with Gasteiger partial charge in [0.15, 0.2) is 6.10 Å². The molecule has 0 saturated heterocycles. The van der Waals surface area contributed by atoms with Crippen molar-refractivity contribution in [3.63, 3.8) is 0 Å². The van der Waals surface area contributed by atoms with Gasteiger partial charge in [0.25, 0.3) is 0 Å². The van der Waals surface area contributed by atoms with E-state index in [0.717, 1.165) is 96.3 Å². The molecule has 0 aliphatic rings. The van der Waals surface area contributed by atoms with Gasteiger partial charge in [-0.2, -0.15) is 0 Å². The van der Waals surface area contributed by atoms with Crippen LogP contribution in [0.25, 0.3) is 0 Å². The van der Waals surface area contributed by atoms with Gasteiger partial charge in [0.2, 0.25) is 0 Å². The number of allylic oxidation sites excluding steroid dienone is 17. The summed E-state index contributed by atoms with van der Waals surface area (Å²) in [5.41, 5.74) is 0. The van der Waals surface area contributed by atoms with Crippen molar-refractivity contribution in [1.29, 1.82) is 0 Å². The molecule has 0 amide bonds. The van der Waals surface area contributed by atoms with Gasteiger partial charge in [0.05, 0.1) is 6.42 Å². The number of hydrogen-bond acceptors (Lipinski definition) is 6. The Morgan fingerprint density at radius 3 is 0.959 bits per heavy atom. The highest BCUT2D eigenvalue weighted by Gasteiger charge is 2.19. The monoisotopic (exact) mass is 1010 g/mol. The summed E-state index contributed by atoms with van der Waals surface area (Å²) in [5, 5.41) is 0. The molecular formula is C67H112O6. The van der Waals surface area contributed by atoms with Gasteiger partial charge < -0.3 is 14.2 Å². The average molecular weight is 1010 g/mol. The fraction of sp³-hybridized carbons (Fsp3) is 0.687. The van der Waals surface area contributed by atoms with Crippen molar-refractivity contribution >= 4 is 17.9 Å². The zero-order valence-corrected chi connectivity index (χ0v) is 47.6. The number of unbranched alkanes of at least 4 members (excludes halogenated alkanes) is 26. The molecule has 416 valence electrons. The molecule has 1 atom stereocenters. The Morgan fingerprint density at radius 2 is 0.589 bits per heavy atom. The zero-order valence-electron chi connectivity index (χ0n) is 47.6. The van der Waals surface area contributed by atoms with Crippen LogP contribution < -0.4 is 0 Å². The van der Waals surface area contributed by atoms with Crippen molar-refractivity contribution in [1.82, 2.24) is 0 Å². The summed E-state index contributed by atoms with van der Waals surface area (Å²) >= 11 is 0. The molecule has 0 N–H and O–H groups in total. The van der Waals surface area contributed by atoms with Gasteiger partial charge >= 0.3 is 17.9 Å². The maximum atomic E-state index is 12.9. The van der Waals surface area contributed by atoms with Gasteiger partial charge in [-0.05, 0) is 83.5 Å². The number of ether oxygens (including phenoxy) is 3. The molecule has 0 rings (SSSR count). The first-order valence-electron chi connectivity index (χ1n) is 30.4. The highest BCUT2D eigenvalue weighted by molar-refractivity contribution is 5.72. The molecule has 0 bridgehead atoms. The molecular weight excluding hydrogens is 901 g/mol. The van der Waals surface area contributed by atoms with Crippen molar-refractivity contribution in [3.05, 3.63) is 109 Å². The molecule has 0 saturated carbocycles. The van der Waals surface area contributed by atoms with Crippen LogP contribution in [0.4, 0.5) is 0 Å². The number of carbonyl (C=O) groups excluding carboxylic acids is 3. The van der Waals surface area contributed by atoms with Crippen molar-refractivity contribution in [2.75, 3.05) is 13.2 Å². The van der Waals surface area contributed by atoms with Crippen LogP contribution in [0.5, 0.6) is 0 Å². The van der Waals surface area contributed by atoms with E-state index >= 15 is 0 Å². The number of rotatable bonds is 54. The lowest BCUT2D eigenvalue weighted by molar-refractivity contribution is -0.166. The maximum absolute atomic E-state index is 12.9. The third-order valence-corrected chi connectivity index (χ3v) is 12.8. The second-order valence-electron chi connectivity index (χ2n) is 19.9. The molecule has 0 aliphatic heterocycles. The second-order valence-corrected chi connectivity index (χ2v) is 19.9. The van der Waals surface area contributed by atoms with Crippen LogP contribution in [-0.4, -0.2) is 37.2 Å². The Hall–Kier alpha value is -3.93. The highest BCUT2D eigenvalue weighted by Crippen LogP contribution is 2.16. The van der Waals surface area contributed by atoms with E-state index in [4.69, 9.17) is 14.2 Å². The summed E-state index contributed by atoms with van der Waals surface area (Å²) in [5.74, 6) is -1.04. The summed E-state index contributed by atoms with van der Waals surface area (Å²) in [6.45, 7) is 6.34. The summed E-state index contributed by atoms with van der Waals surface area (Å²) in [4.78, 5) is 38.2. The number of hydrogen-bond donors (Lipinski definition) is 0. The van der Waals surface area contributed by atoms with E-state index in [1.165, 1.54) is 141 Å². The van der Waals surface area contributed by atoms with Crippen LogP contribution in [0.15, 0.2) is 109 Å². The van der Waals surface area contributed by atoms with Crippen LogP contribution in [0, 0.1) is 0 Å². The lowest BCUT2D eigenvalue weighted by Gasteiger charge is -2.18. The minimum Gasteiger partial charge on any atom is -0.462 e. The van der Waals surface area contributed by atoms with E-state index in [1.54, 1.807) is 6.08 Å². The fourth-order valence-electron chi connectivity index (χ4n) is 8.33. The molecule has 0 aromatic carbocycles. The average Bonchev–Trinajstić information content (AvgIpc) is 3.39. The summed E-state index contributed by atoms with van der Waals surface area (Å²) in [6.07, 6.45) is 82.5. The van der Waals surface area contributed by atoms with E-state index in [0.29, 0.717) is 12.8 Å². The van der Waals surface area contributed by atoms with Crippen molar-refractivity contribution in [2.45, 2.75) is 284 Å². The van der Waals surface area contributed by atoms with Gasteiger partial charge in [0.1, 0.15) is 13.2 Å². The quantitative estimate of drug-likeness (QED) is 0.0261. The molecule has 0 fully saturated rings. The molecule has 0 heterocycles. The SMILES string of the molecule is CC/C=C\C/C=C\C/C=C\C/C=C\C/C=C\CC(=O)OCC(COC(=O)CCCCCCCCCCCC/C=C\C/C=C\C/C=C\C/C=C\CC)OC(=O)CCCCCCCCCCCCCCCCCCC. The molecule has 1 unspecified atom stereocenters. The van der Waals surface area contributed by atoms with E-state index in [1.807, 2.05) is 6.08 Å². The molecule has 0 radical (unpaired) electrons. The van der Waals surface area contributed by atoms with E-state index < -0.39 is 12.1 Å². The topological polar surface area (TPSA) is 78.9 Å². The Bertz CT molecular complexity index is 1490. The Labute approximate surface area is 450 Å². The molecule has 0 spiro atoms. The van der Waals surface area contributed by atoms with Gasteiger partial charge in [-0.15, -0.1) is 0 Å². The number of esters is 3. The van der Waals surface area contributed by atoms with Crippen molar-refractivity contribution < 1.29 is 28.6 Å². The predicted molar refractivity (Wildman–Crippen MR) is 316 cm³/mol. The molecule has 0 aromatic heterocycles. The van der Waals surface area contributed by atoms with Crippen LogP contribution in [0.2, 0.25) is 0 Å². The van der Waals surface area contributed by atoms with Gasteiger partial charge in [-0.3, -0.25) is 14.4 Å². The Kier molecular flexibility index (Phi) is 57.4. The van der Waals surface area contributed by atoms with Crippen LogP contribution in [0.3, 0.4) is 0 Å². The smallest absolute Gasteiger partial charge is 0.309 e. The highest BCUT2D eigenvalue weighted by atomic mass is 16.6. The lowest BCUT2D eigenvalue weighted by Crippen LogP contribution is -2.30. The Balaban J connectivity index is 4.43. The normalized spacial score (nSPS) is 12.9. The van der Waals surface area contributed by atoms with Crippen LogP contribution >= 0.6 is 0 Å². The largest absolute Gasteiger partial charge is 0.462 e. The van der Waals surface area contributed by atoms with E-state index in [2.05, 4.69) is 118 Å². The number of carbonyl (C=O) groups is 3. The molecule has 0 aromatic rings.